The van der Waals surface area contributed by atoms with Gasteiger partial charge >= 0.3 is 5.97 Å². The maximum atomic E-state index is 12.7. The zero-order chi connectivity index (χ0) is 16.6. The molecule has 2 heteroatoms. The molecule has 2 fully saturated rings. The Kier molecular flexibility index (Phi) is 4.53. The van der Waals surface area contributed by atoms with E-state index < -0.39 is 0 Å². The zero-order valence-electron chi connectivity index (χ0n) is 14.9. The summed E-state index contributed by atoms with van der Waals surface area (Å²) in [6, 6.07) is 10.4. The second-order valence-corrected chi connectivity index (χ2v) is 8.34. The van der Waals surface area contributed by atoms with E-state index in [1.165, 1.54) is 18.4 Å². The first-order chi connectivity index (χ1) is 10.9. The number of ether oxygens (including phenoxy) is 1. The van der Waals surface area contributed by atoms with Crippen LogP contribution < -0.4 is 0 Å². The highest BCUT2D eigenvalue weighted by Crippen LogP contribution is 2.54. The molecule has 2 aliphatic rings. The average molecular weight is 314 g/mol. The number of hydrogen-bond donors (Lipinski definition) is 0. The molecular formula is C21H30O2. The average Bonchev–Trinajstić information content (AvgIpc) is 3.22. The van der Waals surface area contributed by atoms with Gasteiger partial charge in [-0.3, -0.25) is 4.79 Å². The molecule has 2 saturated carbocycles. The van der Waals surface area contributed by atoms with Gasteiger partial charge in [0.15, 0.2) is 0 Å². The van der Waals surface area contributed by atoms with E-state index in [1.807, 2.05) is 6.07 Å². The third kappa shape index (κ3) is 3.32. The molecule has 1 aromatic rings. The molecule has 0 spiro atoms. The molecule has 23 heavy (non-hydrogen) atoms. The highest BCUT2D eigenvalue weighted by molar-refractivity contribution is 5.79. The van der Waals surface area contributed by atoms with Crippen LogP contribution in [0.4, 0.5) is 0 Å². The van der Waals surface area contributed by atoms with E-state index >= 15 is 0 Å². The molecule has 0 saturated heterocycles. The van der Waals surface area contributed by atoms with E-state index in [9.17, 15) is 4.79 Å². The molecule has 2 nitrogen and oxygen atoms in total. The number of esters is 1. The molecule has 0 heterocycles. The summed E-state index contributed by atoms with van der Waals surface area (Å²) in [5, 5.41) is 0. The van der Waals surface area contributed by atoms with Crippen molar-refractivity contribution >= 4 is 5.97 Å². The number of benzene rings is 1. The third-order valence-electron chi connectivity index (χ3n) is 6.18. The van der Waals surface area contributed by atoms with E-state index in [0.29, 0.717) is 17.8 Å². The molecule has 126 valence electrons. The van der Waals surface area contributed by atoms with E-state index in [4.69, 9.17) is 4.74 Å². The van der Waals surface area contributed by atoms with Crippen molar-refractivity contribution in [3.05, 3.63) is 35.9 Å². The fraction of sp³-hybridized carbons (Fsp3) is 0.667. The van der Waals surface area contributed by atoms with Crippen LogP contribution >= 0.6 is 0 Å². The Morgan fingerprint density at radius 1 is 1.22 bits per heavy atom. The molecule has 3 rings (SSSR count). The van der Waals surface area contributed by atoms with Crippen molar-refractivity contribution in [3.8, 4) is 0 Å². The molecular weight excluding hydrogens is 284 g/mol. The Morgan fingerprint density at radius 2 is 1.91 bits per heavy atom. The Morgan fingerprint density at radius 3 is 2.57 bits per heavy atom. The number of hydrogen-bond acceptors (Lipinski definition) is 2. The minimum Gasteiger partial charge on any atom is -0.462 e. The van der Waals surface area contributed by atoms with Crippen molar-refractivity contribution in [3.63, 3.8) is 0 Å². The lowest BCUT2D eigenvalue weighted by Crippen LogP contribution is -2.36. The Hall–Kier alpha value is -1.31. The molecule has 1 aromatic carbocycles. The van der Waals surface area contributed by atoms with E-state index in [0.717, 1.165) is 12.8 Å². The van der Waals surface area contributed by atoms with Crippen molar-refractivity contribution in [2.45, 2.75) is 64.9 Å². The maximum Gasteiger partial charge on any atom is 0.310 e. The second kappa shape index (κ2) is 6.30. The summed E-state index contributed by atoms with van der Waals surface area (Å²) in [6.07, 6.45) is 4.53. The SMILES string of the molecule is CC(C)[C@@H]1CC[C@@H](C)C[C@H]1OC(=O)[C@@H]1C[C@@]1(C)c1ccccc1. The van der Waals surface area contributed by atoms with Crippen molar-refractivity contribution in [2.24, 2.45) is 23.7 Å². The molecule has 0 N–H and O–H groups in total. The third-order valence-corrected chi connectivity index (χ3v) is 6.18. The van der Waals surface area contributed by atoms with Crippen LogP contribution in [0, 0.1) is 23.7 Å². The monoisotopic (exact) mass is 314 g/mol. The summed E-state index contributed by atoms with van der Waals surface area (Å²) < 4.78 is 6.04. The second-order valence-electron chi connectivity index (χ2n) is 8.34. The van der Waals surface area contributed by atoms with Gasteiger partial charge in [0, 0.05) is 5.41 Å². The van der Waals surface area contributed by atoms with Crippen molar-refractivity contribution in [2.75, 3.05) is 0 Å². The predicted molar refractivity (Wildman–Crippen MR) is 93.1 cm³/mol. The smallest absolute Gasteiger partial charge is 0.310 e. The Labute approximate surface area is 140 Å². The summed E-state index contributed by atoms with van der Waals surface area (Å²) in [4.78, 5) is 12.7. The van der Waals surface area contributed by atoms with Gasteiger partial charge in [0.2, 0.25) is 0 Å². The molecule has 0 bridgehead atoms. The van der Waals surface area contributed by atoms with Crippen LogP contribution in [0.15, 0.2) is 30.3 Å². The summed E-state index contributed by atoms with van der Waals surface area (Å²) in [7, 11) is 0. The molecule has 5 atom stereocenters. The summed E-state index contributed by atoms with van der Waals surface area (Å²) in [5.74, 6) is 1.84. The van der Waals surface area contributed by atoms with Crippen LogP contribution in [0.5, 0.6) is 0 Å². The highest BCUT2D eigenvalue weighted by Gasteiger charge is 2.57. The predicted octanol–water partition coefficient (Wildman–Crippen LogP) is 4.97. The quantitative estimate of drug-likeness (QED) is 0.734. The first-order valence-corrected chi connectivity index (χ1v) is 9.18. The van der Waals surface area contributed by atoms with Gasteiger partial charge in [-0.1, -0.05) is 64.4 Å². The van der Waals surface area contributed by atoms with Crippen LogP contribution in [0.2, 0.25) is 0 Å². The lowest BCUT2D eigenvalue weighted by atomic mass is 9.75. The summed E-state index contributed by atoms with van der Waals surface area (Å²) in [6.45, 7) is 8.99. The fourth-order valence-corrected chi connectivity index (χ4v) is 4.33. The van der Waals surface area contributed by atoms with E-state index in [2.05, 4.69) is 52.0 Å². The largest absolute Gasteiger partial charge is 0.462 e. The van der Waals surface area contributed by atoms with E-state index in [-0.39, 0.29) is 23.4 Å². The molecule has 2 aliphatic carbocycles. The van der Waals surface area contributed by atoms with Crippen LogP contribution in [0.1, 0.15) is 58.9 Å². The number of carbonyl (C=O) groups is 1. The standard InChI is InChI=1S/C21H30O2/c1-14(2)17-11-10-15(3)12-19(17)23-20(22)18-13-21(18,4)16-8-6-5-7-9-16/h5-9,14-15,17-19H,10-13H2,1-4H3/t15-,17+,18+,19-,21+/m1/s1. The van der Waals surface area contributed by atoms with Gasteiger partial charge in [-0.05, 0) is 42.6 Å². The minimum atomic E-state index is -0.0219. The van der Waals surface area contributed by atoms with Crippen LogP contribution in [0.25, 0.3) is 0 Å². The first-order valence-electron chi connectivity index (χ1n) is 9.18. The summed E-state index contributed by atoms with van der Waals surface area (Å²) >= 11 is 0. The Bertz CT molecular complexity index is 550. The fourth-order valence-electron chi connectivity index (χ4n) is 4.33. The number of carbonyl (C=O) groups excluding carboxylic acids is 1. The van der Waals surface area contributed by atoms with Crippen molar-refractivity contribution < 1.29 is 9.53 Å². The van der Waals surface area contributed by atoms with Crippen LogP contribution in [-0.4, -0.2) is 12.1 Å². The maximum absolute atomic E-state index is 12.7. The van der Waals surface area contributed by atoms with Gasteiger partial charge in [-0.15, -0.1) is 0 Å². The van der Waals surface area contributed by atoms with Crippen molar-refractivity contribution in [1.29, 1.82) is 0 Å². The van der Waals surface area contributed by atoms with Gasteiger partial charge < -0.3 is 4.74 Å². The van der Waals surface area contributed by atoms with Gasteiger partial charge in [0.25, 0.3) is 0 Å². The minimum absolute atomic E-state index is 0.0219. The zero-order valence-corrected chi connectivity index (χ0v) is 14.9. The van der Waals surface area contributed by atoms with E-state index in [1.54, 1.807) is 0 Å². The number of rotatable bonds is 4. The molecule has 0 aliphatic heterocycles. The van der Waals surface area contributed by atoms with Crippen LogP contribution in [0.3, 0.4) is 0 Å². The normalized spacial score (nSPS) is 36.7. The topological polar surface area (TPSA) is 26.3 Å². The first kappa shape index (κ1) is 16.5. The van der Waals surface area contributed by atoms with Crippen molar-refractivity contribution in [1.82, 2.24) is 0 Å². The molecule has 0 amide bonds. The molecule has 0 radical (unpaired) electrons. The van der Waals surface area contributed by atoms with Gasteiger partial charge in [-0.2, -0.15) is 0 Å². The van der Waals surface area contributed by atoms with Gasteiger partial charge in [0.1, 0.15) is 6.10 Å². The lowest BCUT2D eigenvalue weighted by Gasteiger charge is -2.36. The Balaban J connectivity index is 1.65. The highest BCUT2D eigenvalue weighted by atomic mass is 16.5. The van der Waals surface area contributed by atoms with Gasteiger partial charge in [-0.25, -0.2) is 0 Å². The van der Waals surface area contributed by atoms with Crippen LogP contribution in [-0.2, 0) is 14.9 Å². The van der Waals surface area contributed by atoms with Gasteiger partial charge in [0.05, 0.1) is 5.92 Å². The lowest BCUT2D eigenvalue weighted by molar-refractivity contribution is -0.158. The molecule has 0 unspecified atom stereocenters. The summed E-state index contributed by atoms with van der Waals surface area (Å²) in [5.41, 5.74) is 1.24. The molecule has 0 aromatic heterocycles.